The molecule has 0 spiro atoms. The molecule has 1 aromatic heterocycles. The molecule has 3 aliphatic rings. The van der Waals surface area contributed by atoms with Crippen molar-refractivity contribution in [2.24, 2.45) is 35.3 Å². The van der Waals surface area contributed by atoms with E-state index in [1.165, 1.54) is 49.8 Å². The summed E-state index contributed by atoms with van der Waals surface area (Å²) in [5.74, 6) is -7.31. The maximum absolute atomic E-state index is 15.1. The summed E-state index contributed by atoms with van der Waals surface area (Å²) in [5.41, 5.74) is 6.79. The van der Waals surface area contributed by atoms with Crippen molar-refractivity contribution >= 4 is 94.1 Å². The lowest BCUT2D eigenvalue weighted by atomic mass is 9.89. The Bertz CT molecular complexity index is 3630. The second-order valence-electron chi connectivity index (χ2n) is 30.5. The molecule has 2 aromatic carbocycles. The minimum atomic E-state index is -1.56. The van der Waals surface area contributed by atoms with Crippen molar-refractivity contribution < 1.29 is 86.0 Å². The molecule has 4 heterocycles. The molecule has 6 rings (SSSR count). The van der Waals surface area contributed by atoms with Crippen LogP contribution in [0.25, 0.3) is 0 Å². The summed E-state index contributed by atoms with van der Waals surface area (Å²) in [7, 11) is 7.97. The number of anilines is 1. The van der Waals surface area contributed by atoms with Crippen LogP contribution in [-0.4, -0.2) is 274 Å². The van der Waals surface area contributed by atoms with Crippen molar-refractivity contribution in [3.63, 3.8) is 0 Å². The standard InChI is InChI=1S/C80H123N15O18S/c1-15-52(8)69(60(109-13)48-65(100)94-36-20-24-59(94)70(110-14)53(9)72(101)87-58(76-83-35-46-114-76)47-54-21-17-16-18-22-54)91(11)77(105)67(50(4)5)89-75(104)68(51(6)7)92(12)80(108)113-71(78(106)93-40-38-90(10)39-41-93)55-25-27-56(28-26-55)85-73(102)57(23-19-33-84-79(81)107)86-74(103)66(49(2)3)88-62(97)32-42-111-44-45-112-43-34-82-61(96)31-37-95-63(98)29-30-64(95)99/h16-18,21-22,25-28,35,46,49-53,57-60,66-71H,15,19-20,23-24,29-34,36-45,47-48H2,1-14H3,(H,82,96)(H,85,102)(H,86,103)(H,87,101)(H,88,97)(H,89,104)(H3,81,84,107)/t52-,53+,57-,58-,59-,60+,66-,67-,68-,69-,70+,71?/m0/s1. The maximum atomic E-state index is 15.1. The Kier molecular flexibility index (Phi) is 38.6. The van der Waals surface area contributed by atoms with Crippen LogP contribution in [0.15, 0.2) is 66.2 Å². The molecule has 114 heavy (non-hydrogen) atoms. The minimum Gasteiger partial charge on any atom is -0.431 e. The molecule has 0 bridgehead atoms. The molecule has 0 saturated carbocycles. The van der Waals surface area contributed by atoms with Crippen molar-refractivity contribution in [2.45, 2.75) is 194 Å². The van der Waals surface area contributed by atoms with Crippen LogP contribution < -0.4 is 43.0 Å². The molecule has 9 N–H and O–H groups in total. The Labute approximate surface area is 674 Å². The Morgan fingerprint density at radius 1 is 0.684 bits per heavy atom. The maximum Gasteiger partial charge on any atom is 0.411 e. The highest BCUT2D eigenvalue weighted by Crippen LogP contribution is 2.32. The molecule has 632 valence electrons. The lowest BCUT2D eigenvalue weighted by Crippen LogP contribution is -2.60. The van der Waals surface area contributed by atoms with Crippen molar-refractivity contribution in [3.8, 4) is 0 Å². The van der Waals surface area contributed by atoms with E-state index in [0.29, 0.717) is 58.4 Å². The van der Waals surface area contributed by atoms with Gasteiger partial charge in [-0.05, 0) is 80.5 Å². The molecule has 3 aliphatic heterocycles. The van der Waals surface area contributed by atoms with Crippen molar-refractivity contribution in [1.82, 2.24) is 66.3 Å². The third-order valence-electron chi connectivity index (χ3n) is 21.2. The fourth-order valence-electron chi connectivity index (χ4n) is 14.4. The number of methoxy groups -OCH3 is 2. The SMILES string of the molecule is CC[C@H](C)[C@@H]([C@@H](CC(=O)N1CCC[C@H]1[C@H](OC)[C@@H](C)C(=O)N[C@@H](Cc1ccccc1)c1nccs1)OC)N(C)C(=O)[C@@H](NC(=O)[C@H](C(C)C)N(C)C(=O)OC(C(=O)N1CCN(C)CC1)c1ccc(NC(=O)[C@H](CCCNC(N)=O)NC(=O)[C@@H](NC(=O)CCOCCOCCNC(=O)CCN2C(=O)CCC2=O)C(C)C)cc1)C(C)C. The van der Waals surface area contributed by atoms with Gasteiger partial charge in [0, 0.05) is 129 Å². The Hall–Kier alpha value is -9.22. The molecular formula is C80H123N15O18S. The van der Waals surface area contributed by atoms with Gasteiger partial charge >= 0.3 is 12.1 Å². The highest BCUT2D eigenvalue weighted by atomic mass is 32.1. The number of primary amides is 1. The molecule has 3 fully saturated rings. The number of nitrogens with zero attached hydrogens (tertiary/aromatic N) is 7. The molecular weight excluding hydrogens is 1490 g/mol. The number of likely N-dealkylation sites (N-methyl/N-ethyl adjacent to an activating group) is 3. The van der Waals surface area contributed by atoms with Gasteiger partial charge in [-0.2, -0.15) is 0 Å². The lowest BCUT2D eigenvalue weighted by molar-refractivity contribution is -0.148. The first-order chi connectivity index (χ1) is 54.3. The Morgan fingerprint density at radius 2 is 1.34 bits per heavy atom. The van der Waals surface area contributed by atoms with Crippen molar-refractivity contribution in [3.05, 3.63) is 82.3 Å². The van der Waals surface area contributed by atoms with Crippen LogP contribution >= 0.6 is 11.3 Å². The molecule has 3 aromatic rings. The van der Waals surface area contributed by atoms with Gasteiger partial charge in [-0.1, -0.05) is 111 Å². The van der Waals surface area contributed by atoms with Crippen LogP contribution in [0.2, 0.25) is 0 Å². The fourth-order valence-corrected chi connectivity index (χ4v) is 15.1. The monoisotopic (exact) mass is 1610 g/mol. The van der Waals surface area contributed by atoms with E-state index < -0.39 is 126 Å². The molecule has 0 aliphatic carbocycles. The number of carbonyl (C=O) groups is 13. The molecule has 0 radical (unpaired) electrons. The van der Waals surface area contributed by atoms with Gasteiger partial charge in [-0.15, -0.1) is 11.3 Å². The van der Waals surface area contributed by atoms with Gasteiger partial charge < -0.3 is 86.2 Å². The Morgan fingerprint density at radius 3 is 1.94 bits per heavy atom. The van der Waals surface area contributed by atoms with E-state index >= 15 is 4.79 Å². The number of likely N-dealkylation sites (tertiary alicyclic amines) is 2. The predicted molar refractivity (Wildman–Crippen MR) is 426 cm³/mol. The first-order valence-electron chi connectivity index (χ1n) is 39.7. The average Bonchev–Trinajstić information content (AvgIpc) is 1.36. The number of imide groups is 1. The first-order valence-corrected chi connectivity index (χ1v) is 40.5. The van der Waals surface area contributed by atoms with Gasteiger partial charge in [-0.25, -0.2) is 14.6 Å². The number of ether oxygens (including phenoxy) is 5. The smallest absolute Gasteiger partial charge is 0.411 e. The number of aromatic nitrogens is 1. The number of nitrogens with two attached hydrogens (primary N) is 1. The van der Waals surface area contributed by atoms with E-state index in [1.807, 2.05) is 61.5 Å². The topological polar surface area (TPSA) is 411 Å². The number of piperazine rings is 1. The number of hydrogen-bond acceptors (Lipinski definition) is 21. The van der Waals surface area contributed by atoms with E-state index in [2.05, 4.69) is 42.2 Å². The van der Waals surface area contributed by atoms with Gasteiger partial charge in [0.1, 0.15) is 29.2 Å². The lowest BCUT2D eigenvalue weighted by Gasteiger charge is -2.41. The molecule has 14 amide bonds. The minimum absolute atomic E-state index is 0.0121. The summed E-state index contributed by atoms with van der Waals surface area (Å²) in [4.78, 5) is 191. The summed E-state index contributed by atoms with van der Waals surface area (Å²) in [5, 5.41) is 22.2. The van der Waals surface area contributed by atoms with E-state index in [0.717, 1.165) is 20.4 Å². The van der Waals surface area contributed by atoms with Crippen LogP contribution in [0.1, 0.15) is 155 Å². The van der Waals surface area contributed by atoms with E-state index in [9.17, 15) is 57.5 Å². The van der Waals surface area contributed by atoms with Gasteiger partial charge in [0.15, 0.2) is 0 Å². The number of benzene rings is 2. The highest BCUT2D eigenvalue weighted by molar-refractivity contribution is 7.09. The molecule has 1 unspecified atom stereocenters. The molecule has 34 heteroatoms. The molecule has 3 saturated heterocycles. The average molecular weight is 1620 g/mol. The third kappa shape index (κ3) is 28.1. The number of amides is 14. The van der Waals surface area contributed by atoms with Crippen LogP contribution in [-0.2, 0) is 82.8 Å². The van der Waals surface area contributed by atoms with Crippen molar-refractivity contribution in [2.75, 3.05) is 119 Å². The van der Waals surface area contributed by atoms with Gasteiger partial charge in [0.2, 0.25) is 65.2 Å². The third-order valence-corrected chi connectivity index (χ3v) is 22.1. The summed E-state index contributed by atoms with van der Waals surface area (Å²) < 4.78 is 29.5. The van der Waals surface area contributed by atoms with Gasteiger partial charge in [0.25, 0.3) is 5.91 Å². The number of hydrogen-bond donors (Lipinski definition) is 8. The summed E-state index contributed by atoms with van der Waals surface area (Å²) >= 11 is 1.46. The van der Waals surface area contributed by atoms with Crippen LogP contribution in [0.5, 0.6) is 0 Å². The Balaban J connectivity index is 1.09. The number of carbonyl (C=O) groups excluding carboxylic acids is 13. The fraction of sp³-hybridized carbons (Fsp3) is 0.650. The van der Waals surface area contributed by atoms with Crippen LogP contribution in [0.3, 0.4) is 0 Å². The van der Waals surface area contributed by atoms with Gasteiger partial charge in [-0.3, -0.25) is 62.5 Å². The number of rotatable bonds is 46. The predicted octanol–water partition coefficient (Wildman–Crippen LogP) is 4.30. The van der Waals surface area contributed by atoms with E-state index in [-0.39, 0.29) is 144 Å². The largest absolute Gasteiger partial charge is 0.431 e. The number of urea groups is 1. The summed E-state index contributed by atoms with van der Waals surface area (Å²) in [6.07, 6.45) is 0.294. The van der Waals surface area contributed by atoms with E-state index in [1.54, 1.807) is 83.5 Å². The number of nitrogens with one attached hydrogen (secondary N) is 7. The first kappa shape index (κ1) is 93.6. The van der Waals surface area contributed by atoms with Crippen LogP contribution in [0.4, 0.5) is 15.3 Å². The van der Waals surface area contributed by atoms with Gasteiger partial charge in [0.05, 0.1) is 69.1 Å². The highest BCUT2D eigenvalue weighted by Gasteiger charge is 2.45. The zero-order valence-electron chi connectivity index (χ0n) is 68.7. The number of thiazole rings is 1. The zero-order valence-corrected chi connectivity index (χ0v) is 69.6. The summed E-state index contributed by atoms with van der Waals surface area (Å²) in [6, 6.07) is 8.84. The molecule has 12 atom stereocenters. The quantitative estimate of drug-likeness (QED) is 0.0289. The second-order valence-corrected chi connectivity index (χ2v) is 31.5. The normalized spacial score (nSPS) is 17.5. The second kappa shape index (κ2) is 47.0. The zero-order chi connectivity index (χ0) is 83.9. The van der Waals surface area contributed by atoms with Crippen molar-refractivity contribution in [1.29, 1.82) is 0 Å². The van der Waals surface area contributed by atoms with E-state index in [4.69, 9.17) is 29.4 Å². The molecule has 33 nitrogen and oxygen atoms in total. The van der Waals surface area contributed by atoms with Crippen LogP contribution in [0, 0.1) is 29.6 Å². The summed E-state index contributed by atoms with van der Waals surface area (Å²) in [6.45, 7) is 19.0.